The van der Waals surface area contributed by atoms with Gasteiger partial charge in [0.05, 0.1) is 12.6 Å². The van der Waals surface area contributed by atoms with E-state index in [1.54, 1.807) is 19.2 Å². The number of hydrogen-bond donors (Lipinski definition) is 3. The standard InChI is InChI=1S/C16H21ClN4O/c1-18-16(21(2)11-14-4-3-9-19-14)20-10-15(22)12-5-7-13(17)8-6-12/h3-9,15,19,22H,10-11H2,1-2H3,(H,18,20). The van der Waals surface area contributed by atoms with Crippen molar-refractivity contribution in [2.24, 2.45) is 4.99 Å². The lowest BCUT2D eigenvalue weighted by Crippen LogP contribution is -2.40. The molecule has 1 unspecified atom stereocenters. The molecule has 0 fully saturated rings. The predicted octanol–water partition coefficient (Wildman–Crippen LogP) is 2.41. The summed E-state index contributed by atoms with van der Waals surface area (Å²) in [6, 6.07) is 11.2. The van der Waals surface area contributed by atoms with E-state index >= 15 is 0 Å². The van der Waals surface area contributed by atoms with Crippen LogP contribution < -0.4 is 5.32 Å². The number of nitrogens with one attached hydrogen (secondary N) is 2. The second-order valence-electron chi connectivity index (χ2n) is 5.05. The van der Waals surface area contributed by atoms with Gasteiger partial charge in [-0.05, 0) is 29.8 Å². The average molecular weight is 321 g/mol. The van der Waals surface area contributed by atoms with Crippen LogP contribution in [0.25, 0.3) is 0 Å². The lowest BCUT2D eigenvalue weighted by molar-refractivity contribution is 0.179. The third-order valence-corrected chi connectivity index (χ3v) is 3.60. The highest BCUT2D eigenvalue weighted by Crippen LogP contribution is 2.15. The second kappa shape index (κ2) is 7.87. The monoisotopic (exact) mass is 320 g/mol. The number of hydrogen-bond acceptors (Lipinski definition) is 2. The van der Waals surface area contributed by atoms with E-state index in [1.165, 1.54) is 0 Å². The molecule has 0 amide bonds. The van der Waals surface area contributed by atoms with Gasteiger partial charge in [-0.1, -0.05) is 23.7 Å². The number of nitrogens with zero attached hydrogens (tertiary/aromatic N) is 2. The Hall–Kier alpha value is -1.98. The van der Waals surface area contributed by atoms with Gasteiger partial charge in [0, 0.05) is 37.6 Å². The van der Waals surface area contributed by atoms with Crippen LogP contribution in [-0.4, -0.2) is 41.6 Å². The highest BCUT2D eigenvalue weighted by molar-refractivity contribution is 6.30. The number of benzene rings is 1. The van der Waals surface area contributed by atoms with E-state index in [0.717, 1.165) is 17.2 Å². The largest absolute Gasteiger partial charge is 0.387 e. The van der Waals surface area contributed by atoms with Crippen LogP contribution in [0.4, 0.5) is 0 Å². The van der Waals surface area contributed by atoms with Crippen molar-refractivity contribution >= 4 is 17.6 Å². The number of guanidine groups is 1. The maximum Gasteiger partial charge on any atom is 0.193 e. The smallest absolute Gasteiger partial charge is 0.193 e. The van der Waals surface area contributed by atoms with Crippen LogP contribution in [0.1, 0.15) is 17.4 Å². The molecule has 2 rings (SSSR count). The third-order valence-electron chi connectivity index (χ3n) is 3.35. The van der Waals surface area contributed by atoms with E-state index < -0.39 is 6.10 Å². The molecule has 0 aliphatic heterocycles. The number of aliphatic hydroxyl groups excluding tert-OH is 1. The Balaban J connectivity index is 1.89. The van der Waals surface area contributed by atoms with Gasteiger partial charge in [-0.3, -0.25) is 4.99 Å². The zero-order valence-corrected chi connectivity index (χ0v) is 13.5. The first kappa shape index (κ1) is 16.4. The van der Waals surface area contributed by atoms with Crippen molar-refractivity contribution in [1.82, 2.24) is 15.2 Å². The second-order valence-corrected chi connectivity index (χ2v) is 5.48. The molecule has 118 valence electrons. The lowest BCUT2D eigenvalue weighted by atomic mass is 10.1. The van der Waals surface area contributed by atoms with Crippen molar-refractivity contribution in [2.45, 2.75) is 12.6 Å². The molecule has 5 nitrogen and oxygen atoms in total. The summed E-state index contributed by atoms with van der Waals surface area (Å²) in [4.78, 5) is 9.38. The fourth-order valence-electron chi connectivity index (χ4n) is 2.17. The SMILES string of the molecule is CN=C(NCC(O)c1ccc(Cl)cc1)N(C)Cc1ccc[nH]1. The van der Waals surface area contributed by atoms with Gasteiger partial charge in [-0.25, -0.2) is 0 Å². The minimum atomic E-state index is -0.618. The summed E-state index contributed by atoms with van der Waals surface area (Å²) in [5.74, 6) is 0.725. The minimum absolute atomic E-state index is 0.378. The van der Waals surface area contributed by atoms with Gasteiger partial charge in [0.25, 0.3) is 0 Å². The van der Waals surface area contributed by atoms with Gasteiger partial charge in [-0.15, -0.1) is 0 Å². The molecular formula is C16H21ClN4O. The fourth-order valence-corrected chi connectivity index (χ4v) is 2.30. The van der Waals surface area contributed by atoms with E-state index in [4.69, 9.17) is 11.6 Å². The predicted molar refractivity (Wildman–Crippen MR) is 90.0 cm³/mol. The Morgan fingerprint density at radius 1 is 1.36 bits per heavy atom. The molecule has 0 spiro atoms. The molecule has 2 aromatic rings. The molecular weight excluding hydrogens is 300 g/mol. The summed E-state index contributed by atoms with van der Waals surface area (Å²) in [5, 5.41) is 14.0. The van der Waals surface area contributed by atoms with Gasteiger partial charge in [-0.2, -0.15) is 0 Å². The van der Waals surface area contributed by atoms with Crippen molar-refractivity contribution in [1.29, 1.82) is 0 Å². The Morgan fingerprint density at radius 2 is 2.09 bits per heavy atom. The van der Waals surface area contributed by atoms with Gasteiger partial charge < -0.3 is 20.3 Å². The van der Waals surface area contributed by atoms with Gasteiger partial charge >= 0.3 is 0 Å². The maximum absolute atomic E-state index is 10.2. The van der Waals surface area contributed by atoms with Gasteiger partial charge in [0.15, 0.2) is 5.96 Å². The Kier molecular flexibility index (Phi) is 5.86. The van der Waals surface area contributed by atoms with Crippen molar-refractivity contribution in [3.8, 4) is 0 Å². The third kappa shape index (κ3) is 4.51. The topological polar surface area (TPSA) is 63.7 Å². The molecule has 3 N–H and O–H groups in total. The summed E-state index contributed by atoms with van der Waals surface area (Å²) in [6.07, 6.45) is 1.27. The van der Waals surface area contributed by atoms with Crippen LogP contribution >= 0.6 is 11.6 Å². The molecule has 22 heavy (non-hydrogen) atoms. The van der Waals surface area contributed by atoms with Gasteiger partial charge in [0.1, 0.15) is 0 Å². The highest BCUT2D eigenvalue weighted by atomic mass is 35.5. The normalized spacial score (nSPS) is 13.0. The number of halogens is 1. The number of rotatable bonds is 5. The van der Waals surface area contributed by atoms with Crippen LogP contribution in [0.5, 0.6) is 0 Å². The van der Waals surface area contributed by atoms with Crippen molar-refractivity contribution in [3.63, 3.8) is 0 Å². The molecule has 0 bridgehead atoms. The maximum atomic E-state index is 10.2. The van der Waals surface area contributed by atoms with Crippen LogP contribution in [0.15, 0.2) is 47.6 Å². The zero-order chi connectivity index (χ0) is 15.9. The molecule has 1 heterocycles. The van der Waals surface area contributed by atoms with E-state index in [-0.39, 0.29) is 0 Å². The summed E-state index contributed by atoms with van der Waals surface area (Å²) in [7, 11) is 3.67. The van der Waals surface area contributed by atoms with Crippen molar-refractivity contribution in [3.05, 3.63) is 58.9 Å². The number of aromatic nitrogens is 1. The summed E-state index contributed by atoms with van der Waals surface area (Å²) >= 11 is 5.85. The molecule has 0 saturated heterocycles. The molecule has 1 aromatic carbocycles. The molecule has 0 aliphatic rings. The summed E-state index contributed by atoms with van der Waals surface area (Å²) in [6.45, 7) is 1.09. The lowest BCUT2D eigenvalue weighted by Gasteiger charge is -2.23. The minimum Gasteiger partial charge on any atom is -0.387 e. The first-order valence-electron chi connectivity index (χ1n) is 7.07. The first-order chi connectivity index (χ1) is 10.6. The molecule has 0 saturated carbocycles. The van der Waals surface area contributed by atoms with E-state index in [1.807, 2.05) is 42.4 Å². The van der Waals surface area contributed by atoms with Crippen molar-refractivity contribution in [2.75, 3.05) is 20.6 Å². The zero-order valence-electron chi connectivity index (χ0n) is 12.8. The quantitative estimate of drug-likeness (QED) is 0.585. The van der Waals surface area contributed by atoms with Gasteiger partial charge in [0.2, 0.25) is 0 Å². The van der Waals surface area contributed by atoms with Crippen LogP contribution in [0, 0.1) is 0 Å². The van der Waals surface area contributed by atoms with Crippen LogP contribution in [0.2, 0.25) is 5.02 Å². The first-order valence-corrected chi connectivity index (χ1v) is 7.45. The number of aromatic amines is 1. The fraction of sp³-hybridized carbons (Fsp3) is 0.312. The number of aliphatic hydroxyl groups is 1. The average Bonchev–Trinajstić information content (AvgIpc) is 3.01. The van der Waals surface area contributed by atoms with E-state index in [0.29, 0.717) is 18.1 Å². The molecule has 6 heteroatoms. The van der Waals surface area contributed by atoms with E-state index in [2.05, 4.69) is 15.3 Å². The molecule has 0 aliphatic carbocycles. The summed E-state index contributed by atoms with van der Waals surface area (Å²) in [5.41, 5.74) is 1.92. The Morgan fingerprint density at radius 3 is 2.68 bits per heavy atom. The Bertz CT molecular complexity index is 595. The number of H-pyrrole nitrogens is 1. The Labute approximate surface area is 135 Å². The molecule has 0 radical (unpaired) electrons. The molecule has 1 aromatic heterocycles. The van der Waals surface area contributed by atoms with Crippen molar-refractivity contribution < 1.29 is 5.11 Å². The number of aliphatic imine (C=N–C) groups is 1. The van der Waals surface area contributed by atoms with Crippen LogP contribution in [-0.2, 0) is 6.54 Å². The van der Waals surface area contributed by atoms with Crippen LogP contribution in [0.3, 0.4) is 0 Å². The highest BCUT2D eigenvalue weighted by Gasteiger charge is 2.11. The molecule has 1 atom stereocenters. The summed E-state index contributed by atoms with van der Waals surface area (Å²) < 4.78 is 0. The van der Waals surface area contributed by atoms with E-state index in [9.17, 15) is 5.11 Å².